The first-order chi connectivity index (χ1) is 6.90. The lowest BCUT2D eigenvalue weighted by Gasteiger charge is -1.99. The molecule has 3 rings (SSSR count). The van der Waals surface area contributed by atoms with E-state index >= 15 is 0 Å². The van der Waals surface area contributed by atoms with Gasteiger partial charge in [0.05, 0.1) is 0 Å². The summed E-state index contributed by atoms with van der Waals surface area (Å²) in [5, 5.41) is 0. The molecule has 4 bridgehead atoms. The molecule has 0 radical (unpaired) electrons. The van der Waals surface area contributed by atoms with Crippen molar-refractivity contribution in [2.45, 2.75) is 25.7 Å². The highest BCUT2D eigenvalue weighted by Crippen LogP contribution is 2.23. The summed E-state index contributed by atoms with van der Waals surface area (Å²) in [4.78, 5) is 2.97. The summed E-state index contributed by atoms with van der Waals surface area (Å²) in [5.74, 6) is 2.27. The van der Waals surface area contributed by atoms with Gasteiger partial charge in [-0.25, -0.2) is 0 Å². The van der Waals surface area contributed by atoms with Crippen molar-refractivity contribution in [2.75, 3.05) is 0 Å². The van der Waals surface area contributed by atoms with Gasteiger partial charge in [-0.3, -0.25) is 0 Å². The number of aryl methyl sites for hydroxylation is 4. The maximum Gasteiger partial charge on any atom is 0.104 e. The molecular formula is C12H12OS. The summed E-state index contributed by atoms with van der Waals surface area (Å²) in [7, 11) is 0. The van der Waals surface area contributed by atoms with Gasteiger partial charge in [0.15, 0.2) is 0 Å². The van der Waals surface area contributed by atoms with Crippen LogP contribution in [0.5, 0.6) is 0 Å². The Morgan fingerprint density at radius 1 is 0.786 bits per heavy atom. The van der Waals surface area contributed by atoms with E-state index < -0.39 is 0 Å². The highest BCUT2D eigenvalue weighted by atomic mass is 32.1. The van der Waals surface area contributed by atoms with Crippen LogP contribution in [0.2, 0.25) is 0 Å². The van der Waals surface area contributed by atoms with Crippen LogP contribution in [0.3, 0.4) is 0 Å². The minimum Gasteiger partial charge on any atom is -0.466 e. The Kier molecular flexibility index (Phi) is 1.95. The molecule has 0 aromatic carbocycles. The largest absolute Gasteiger partial charge is 0.466 e. The Labute approximate surface area is 87.4 Å². The predicted octanol–water partition coefficient (Wildman–Crippen LogP) is 3.22. The number of fused-ring (bicyclic) bond motifs is 4. The standard InChI is InChI=1S/C12H12OS/c1-2-10-4-6-12-8-7-11(14-12)5-3-9(1)13-10/h1-2,7-8H,3-6H2. The maximum atomic E-state index is 5.72. The lowest BCUT2D eigenvalue weighted by molar-refractivity contribution is 0.464. The van der Waals surface area contributed by atoms with Crippen LogP contribution in [0.4, 0.5) is 0 Å². The SMILES string of the molecule is c1cc2oc1CCc1ccc(s1)CC2. The third-order valence-corrected chi connectivity index (χ3v) is 3.88. The summed E-state index contributed by atoms with van der Waals surface area (Å²) < 4.78 is 5.72. The van der Waals surface area contributed by atoms with Crippen molar-refractivity contribution in [3.63, 3.8) is 0 Å². The molecule has 0 spiro atoms. The van der Waals surface area contributed by atoms with Gasteiger partial charge in [-0.15, -0.1) is 11.3 Å². The zero-order valence-corrected chi connectivity index (χ0v) is 8.77. The van der Waals surface area contributed by atoms with Gasteiger partial charge >= 0.3 is 0 Å². The van der Waals surface area contributed by atoms with E-state index in [1.165, 1.54) is 9.75 Å². The molecule has 2 aromatic rings. The topological polar surface area (TPSA) is 13.1 Å². The van der Waals surface area contributed by atoms with Crippen LogP contribution in [0.1, 0.15) is 21.3 Å². The first kappa shape index (κ1) is 8.30. The number of hydrogen-bond acceptors (Lipinski definition) is 2. The molecule has 1 nitrogen and oxygen atoms in total. The fourth-order valence-corrected chi connectivity index (χ4v) is 2.89. The Morgan fingerprint density at radius 3 is 1.93 bits per heavy atom. The summed E-state index contributed by atoms with van der Waals surface area (Å²) >= 11 is 1.95. The fourth-order valence-electron chi connectivity index (χ4n) is 1.87. The van der Waals surface area contributed by atoms with E-state index in [4.69, 9.17) is 4.42 Å². The number of furan rings is 1. The van der Waals surface area contributed by atoms with E-state index in [0.29, 0.717) is 0 Å². The van der Waals surface area contributed by atoms with E-state index in [0.717, 1.165) is 37.2 Å². The van der Waals surface area contributed by atoms with Crippen molar-refractivity contribution in [3.8, 4) is 0 Å². The fraction of sp³-hybridized carbons (Fsp3) is 0.333. The van der Waals surface area contributed by atoms with Crippen molar-refractivity contribution < 1.29 is 4.42 Å². The molecule has 2 aromatic heterocycles. The van der Waals surface area contributed by atoms with E-state index in [2.05, 4.69) is 24.3 Å². The molecule has 0 atom stereocenters. The van der Waals surface area contributed by atoms with Gasteiger partial charge < -0.3 is 4.42 Å². The zero-order chi connectivity index (χ0) is 9.38. The molecule has 2 heteroatoms. The van der Waals surface area contributed by atoms with Crippen LogP contribution in [0.25, 0.3) is 0 Å². The van der Waals surface area contributed by atoms with Crippen molar-refractivity contribution in [3.05, 3.63) is 45.5 Å². The zero-order valence-electron chi connectivity index (χ0n) is 7.95. The van der Waals surface area contributed by atoms with Crippen LogP contribution >= 0.6 is 11.3 Å². The molecular weight excluding hydrogens is 192 g/mol. The van der Waals surface area contributed by atoms with E-state index in [9.17, 15) is 0 Å². The van der Waals surface area contributed by atoms with Crippen LogP contribution < -0.4 is 0 Å². The number of rotatable bonds is 0. The molecule has 0 fully saturated rings. The smallest absolute Gasteiger partial charge is 0.104 e. The average molecular weight is 204 g/mol. The average Bonchev–Trinajstić information content (AvgIpc) is 2.78. The van der Waals surface area contributed by atoms with Gasteiger partial charge in [0.25, 0.3) is 0 Å². The second kappa shape index (κ2) is 3.28. The Morgan fingerprint density at radius 2 is 1.36 bits per heavy atom. The molecule has 0 saturated carbocycles. The van der Waals surface area contributed by atoms with Gasteiger partial charge in [-0.2, -0.15) is 0 Å². The van der Waals surface area contributed by atoms with Crippen LogP contribution in [0, 0.1) is 0 Å². The summed E-state index contributed by atoms with van der Waals surface area (Å²) in [5.41, 5.74) is 0. The molecule has 0 aliphatic carbocycles. The summed E-state index contributed by atoms with van der Waals surface area (Å²) in [6.45, 7) is 0. The minimum atomic E-state index is 1.04. The van der Waals surface area contributed by atoms with Crippen LogP contribution in [-0.2, 0) is 25.7 Å². The third kappa shape index (κ3) is 1.50. The molecule has 0 unspecified atom stereocenters. The molecule has 1 aliphatic rings. The van der Waals surface area contributed by atoms with Gasteiger partial charge in [-0.1, -0.05) is 0 Å². The molecule has 72 valence electrons. The van der Waals surface area contributed by atoms with E-state index in [-0.39, 0.29) is 0 Å². The number of hydrogen-bond donors (Lipinski definition) is 0. The molecule has 0 saturated heterocycles. The highest BCUT2D eigenvalue weighted by molar-refractivity contribution is 7.11. The van der Waals surface area contributed by atoms with Crippen LogP contribution in [-0.4, -0.2) is 0 Å². The third-order valence-electron chi connectivity index (χ3n) is 2.67. The highest BCUT2D eigenvalue weighted by Gasteiger charge is 2.08. The summed E-state index contributed by atoms with van der Waals surface area (Å²) in [6.07, 6.45) is 4.33. The predicted molar refractivity (Wildman–Crippen MR) is 57.8 cm³/mol. The van der Waals surface area contributed by atoms with Gasteiger partial charge in [-0.05, 0) is 37.1 Å². The molecule has 0 amide bonds. The molecule has 3 heterocycles. The van der Waals surface area contributed by atoms with Crippen molar-refractivity contribution in [2.24, 2.45) is 0 Å². The normalized spacial score (nSPS) is 15.4. The van der Waals surface area contributed by atoms with E-state index in [1.807, 2.05) is 11.3 Å². The Balaban J connectivity index is 1.95. The minimum absolute atomic E-state index is 1.04. The second-order valence-corrected chi connectivity index (χ2v) is 4.99. The Bertz CT molecular complexity index is 359. The lowest BCUT2D eigenvalue weighted by atomic mass is 10.2. The molecule has 0 N–H and O–H groups in total. The second-order valence-electron chi connectivity index (χ2n) is 3.74. The van der Waals surface area contributed by atoms with Gasteiger partial charge in [0.1, 0.15) is 11.5 Å². The molecule has 1 aliphatic heterocycles. The Hall–Kier alpha value is -1.02. The van der Waals surface area contributed by atoms with Gasteiger partial charge in [0, 0.05) is 22.6 Å². The first-order valence-corrected chi connectivity index (χ1v) is 5.87. The number of thiophene rings is 1. The van der Waals surface area contributed by atoms with Crippen LogP contribution in [0.15, 0.2) is 28.7 Å². The first-order valence-electron chi connectivity index (χ1n) is 5.05. The van der Waals surface area contributed by atoms with Crippen molar-refractivity contribution in [1.82, 2.24) is 0 Å². The van der Waals surface area contributed by atoms with Crippen molar-refractivity contribution >= 4 is 11.3 Å². The molecule has 14 heavy (non-hydrogen) atoms. The summed E-state index contributed by atoms with van der Waals surface area (Å²) in [6, 6.07) is 8.75. The quantitative estimate of drug-likeness (QED) is 0.642. The lowest BCUT2D eigenvalue weighted by Crippen LogP contribution is -1.89. The van der Waals surface area contributed by atoms with Crippen molar-refractivity contribution in [1.29, 1.82) is 0 Å². The van der Waals surface area contributed by atoms with E-state index in [1.54, 1.807) is 0 Å². The monoisotopic (exact) mass is 204 g/mol. The van der Waals surface area contributed by atoms with Gasteiger partial charge in [0.2, 0.25) is 0 Å². The maximum absolute atomic E-state index is 5.72.